The fraction of sp³-hybridized carbons (Fsp3) is 0.647. The second-order valence-electron chi connectivity index (χ2n) is 6.13. The molecule has 1 fully saturated rings. The molecule has 2 unspecified atom stereocenters. The third-order valence-electron chi connectivity index (χ3n) is 4.70. The SMILES string of the molecule is CCOC(=O)c1c(C)cc(=O)n(CC2CCCC2C)c1C. The average Bonchev–Trinajstić information content (AvgIpc) is 2.80. The first-order valence-electron chi connectivity index (χ1n) is 7.83. The van der Waals surface area contributed by atoms with E-state index in [2.05, 4.69) is 6.92 Å². The number of hydrogen-bond acceptors (Lipinski definition) is 3. The maximum Gasteiger partial charge on any atom is 0.340 e. The lowest BCUT2D eigenvalue weighted by Gasteiger charge is -2.21. The maximum absolute atomic E-state index is 12.3. The van der Waals surface area contributed by atoms with Crippen LogP contribution in [-0.4, -0.2) is 17.1 Å². The zero-order chi connectivity index (χ0) is 15.6. The lowest BCUT2D eigenvalue weighted by Crippen LogP contribution is -2.29. The largest absolute Gasteiger partial charge is 0.462 e. The van der Waals surface area contributed by atoms with E-state index >= 15 is 0 Å². The fourth-order valence-electron chi connectivity index (χ4n) is 3.39. The van der Waals surface area contributed by atoms with Crippen LogP contribution >= 0.6 is 0 Å². The summed E-state index contributed by atoms with van der Waals surface area (Å²) >= 11 is 0. The van der Waals surface area contributed by atoms with E-state index in [4.69, 9.17) is 4.74 Å². The smallest absolute Gasteiger partial charge is 0.340 e. The summed E-state index contributed by atoms with van der Waals surface area (Å²) < 4.78 is 6.88. The number of aromatic nitrogens is 1. The van der Waals surface area contributed by atoms with Crippen molar-refractivity contribution in [3.05, 3.63) is 33.2 Å². The molecule has 116 valence electrons. The predicted octanol–water partition coefficient (Wildman–Crippen LogP) is 3.08. The standard InChI is InChI=1S/C17H25NO3/c1-5-21-17(20)16-12(3)9-15(19)18(13(16)4)10-14-8-6-7-11(14)2/h9,11,14H,5-8,10H2,1-4H3. The summed E-state index contributed by atoms with van der Waals surface area (Å²) in [6, 6.07) is 1.55. The van der Waals surface area contributed by atoms with Crippen molar-refractivity contribution in [2.45, 2.75) is 53.5 Å². The van der Waals surface area contributed by atoms with Crippen molar-refractivity contribution < 1.29 is 9.53 Å². The van der Waals surface area contributed by atoms with Crippen molar-refractivity contribution >= 4 is 5.97 Å². The Kier molecular flexibility index (Phi) is 4.86. The van der Waals surface area contributed by atoms with Gasteiger partial charge in [0.05, 0.1) is 12.2 Å². The van der Waals surface area contributed by atoms with Crippen LogP contribution in [0, 0.1) is 25.7 Å². The van der Waals surface area contributed by atoms with Crippen LogP contribution < -0.4 is 5.56 Å². The van der Waals surface area contributed by atoms with E-state index in [1.807, 2.05) is 6.92 Å². The molecular formula is C17H25NO3. The lowest BCUT2D eigenvalue weighted by molar-refractivity contribution is 0.0523. The molecular weight excluding hydrogens is 266 g/mol. The number of ether oxygens (including phenoxy) is 1. The van der Waals surface area contributed by atoms with Crippen molar-refractivity contribution in [3.8, 4) is 0 Å². The summed E-state index contributed by atoms with van der Waals surface area (Å²) in [7, 11) is 0. The molecule has 2 rings (SSSR count). The van der Waals surface area contributed by atoms with Gasteiger partial charge in [0.15, 0.2) is 0 Å². The van der Waals surface area contributed by atoms with Crippen molar-refractivity contribution in [2.75, 3.05) is 6.61 Å². The van der Waals surface area contributed by atoms with Gasteiger partial charge in [-0.25, -0.2) is 4.79 Å². The molecule has 1 aliphatic carbocycles. The Morgan fingerprint density at radius 2 is 2.10 bits per heavy atom. The molecule has 1 heterocycles. The predicted molar refractivity (Wildman–Crippen MR) is 82.6 cm³/mol. The molecule has 0 radical (unpaired) electrons. The summed E-state index contributed by atoms with van der Waals surface area (Å²) in [4.78, 5) is 24.4. The number of hydrogen-bond donors (Lipinski definition) is 0. The molecule has 0 bridgehead atoms. The Bertz CT molecular complexity index is 588. The van der Waals surface area contributed by atoms with Gasteiger partial charge in [-0.05, 0) is 44.6 Å². The van der Waals surface area contributed by atoms with E-state index in [1.54, 1.807) is 24.5 Å². The molecule has 1 aliphatic rings. The Hall–Kier alpha value is -1.58. The van der Waals surface area contributed by atoms with Crippen molar-refractivity contribution in [1.29, 1.82) is 0 Å². The van der Waals surface area contributed by atoms with Crippen LogP contribution in [-0.2, 0) is 11.3 Å². The highest BCUT2D eigenvalue weighted by molar-refractivity contribution is 5.92. The molecule has 4 nitrogen and oxygen atoms in total. The lowest BCUT2D eigenvalue weighted by atomic mass is 9.97. The average molecular weight is 291 g/mol. The van der Waals surface area contributed by atoms with Crippen LogP contribution in [0.25, 0.3) is 0 Å². The minimum atomic E-state index is -0.333. The second kappa shape index (κ2) is 6.46. The third kappa shape index (κ3) is 3.20. The van der Waals surface area contributed by atoms with E-state index in [0.717, 1.165) is 12.1 Å². The third-order valence-corrected chi connectivity index (χ3v) is 4.70. The molecule has 0 amide bonds. The van der Waals surface area contributed by atoms with Gasteiger partial charge >= 0.3 is 5.97 Å². The summed E-state index contributed by atoms with van der Waals surface area (Å²) in [5.41, 5.74) is 1.96. The van der Waals surface area contributed by atoms with Crippen molar-refractivity contribution in [1.82, 2.24) is 4.57 Å². The van der Waals surface area contributed by atoms with Gasteiger partial charge in [-0.1, -0.05) is 19.8 Å². The normalized spacial score (nSPS) is 21.5. The highest BCUT2D eigenvalue weighted by atomic mass is 16.5. The first-order valence-corrected chi connectivity index (χ1v) is 7.83. The molecule has 21 heavy (non-hydrogen) atoms. The zero-order valence-electron chi connectivity index (χ0n) is 13.4. The molecule has 1 aromatic heterocycles. The van der Waals surface area contributed by atoms with Gasteiger partial charge in [0.2, 0.25) is 0 Å². The van der Waals surface area contributed by atoms with Crippen LogP contribution in [0.2, 0.25) is 0 Å². The molecule has 0 spiro atoms. The number of aryl methyl sites for hydroxylation is 1. The highest BCUT2D eigenvalue weighted by Gasteiger charge is 2.26. The molecule has 4 heteroatoms. The molecule has 0 saturated heterocycles. The quantitative estimate of drug-likeness (QED) is 0.801. The molecule has 0 N–H and O–H groups in total. The monoisotopic (exact) mass is 291 g/mol. The van der Waals surface area contributed by atoms with Crippen molar-refractivity contribution in [3.63, 3.8) is 0 Å². The summed E-state index contributed by atoms with van der Waals surface area (Å²) in [5.74, 6) is 0.837. The van der Waals surface area contributed by atoms with Crippen molar-refractivity contribution in [2.24, 2.45) is 11.8 Å². The van der Waals surface area contributed by atoms with E-state index < -0.39 is 0 Å². The van der Waals surface area contributed by atoms with Crippen LogP contribution in [0.15, 0.2) is 10.9 Å². The van der Waals surface area contributed by atoms with Crippen LogP contribution in [0.3, 0.4) is 0 Å². The van der Waals surface area contributed by atoms with Gasteiger partial charge in [0, 0.05) is 18.3 Å². The van der Waals surface area contributed by atoms with Gasteiger partial charge in [-0.2, -0.15) is 0 Å². The van der Waals surface area contributed by atoms with Crippen LogP contribution in [0.5, 0.6) is 0 Å². The zero-order valence-corrected chi connectivity index (χ0v) is 13.4. The van der Waals surface area contributed by atoms with Gasteiger partial charge < -0.3 is 9.30 Å². The Labute approximate surface area is 126 Å². The minimum Gasteiger partial charge on any atom is -0.462 e. The highest BCUT2D eigenvalue weighted by Crippen LogP contribution is 2.32. The molecule has 1 aromatic rings. The van der Waals surface area contributed by atoms with Gasteiger partial charge in [0.25, 0.3) is 5.56 Å². The number of esters is 1. The van der Waals surface area contributed by atoms with E-state index in [0.29, 0.717) is 36.1 Å². The first-order chi connectivity index (χ1) is 9.95. The van der Waals surface area contributed by atoms with Gasteiger partial charge in [-0.15, -0.1) is 0 Å². The number of rotatable bonds is 4. The van der Waals surface area contributed by atoms with Crippen LogP contribution in [0.4, 0.5) is 0 Å². The van der Waals surface area contributed by atoms with E-state index in [9.17, 15) is 9.59 Å². The van der Waals surface area contributed by atoms with E-state index in [1.165, 1.54) is 12.8 Å². The van der Waals surface area contributed by atoms with Gasteiger partial charge in [0.1, 0.15) is 0 Å². The maximum atomic E-state index is 12.3. The number of pyridine rings is 1. The van der Waals surface area contributed by atoms with Crippen LogP contribution in [0.1, 0.15) is 54.7 Å². The topological polar surface area (TPSA) is 48.3 Å². The Morgan fingerprint density at radius 3 is 2.67 bits per heavy atom. The van der Waals surface area contributed by atoms with E-state index in [-0.39, 0.29) is 11.5 Å². The molecule has 2 atom stereocenters. The molecule has 0 aromatic carbocycles. The fourth-order valence-corrected chi connectivity index (χ4v) is 3.39. The second-order valence-corrected chi connectivity index (χ2v) is 6.13. The summed E-state index contributed by atoms with van der Waals surface area (Å²) in [5, 5.41) is 0. The number of carbonyl (C=O) groups excluding carboxylic acids is 1. The molecule has 1 saturated carbocycles. The Balaban J connectivity index is 2.39. The minimum absolute atomic E-state index is 0.0165. The number of nitrogens with zero attached hydrogens (tertiary/aromatic N) is 1. The Morgan fingerprint density at radius 1 is 1.38 bits per heavy atom. The summed E-state index contributed by atoms with van der Waals surface area (Å²) in [6.07, 6.45) is 3.63. The summed E-state index contributed by atoms with van der Waals surface area (Å²) in [6.45, 7) is 8.73. The number of carbonyl (C=O) groups is 1. The molecule has 0 aliphatic heterocycles. The van der Waals surface area contributed by atoms with Gasteiger partial charge in [-0.3, -0.25) is 4.79 Å². The first kappa shape index (κ1) is 15.8.